The van der Waals surface area contributed by atoms with Gasteiger partial charge in [0.1, 0.15) is 23.8 Å². The summed E-state index contributed by atoms with van der Waals surface area (Å²) >= 11 is 0. The Morgan fingerprint density at radius 1 is 1.00 bits per heavy atom. The van der Waals surface area contributed by atoms with Gasteiger partial charge in [0.15, 0.2) is 0 Å². The minimum Gasteiger partial charge on any atom is -0.474 e. The first-order valence-corrected chi connectivity index (χ1v) is 15.2. The molecule has 4 heterocycles. The number of aromatic nitrogens is 3. The average Bonchev–Trinajstić information content (AvgIpc) is 3.84. The molecule has 1 unspecified atom stereocenters. The van der Waals surface area contributed by atoms with Gasteiger partial charge in [-0.2, -0.15) is 0 Å². The van der Waals surface area contributed by atoms with Crippen LogP contribution in [-0.2, 0) is 21.6 Å². The van der Waals surface area contributed by atoms with E-state index in [9.17, 15) is 4.79 Å². The van der Waals surface area contributed by atoms with Crippen LogP contribution in [0.2, 0.25) is 0 Å². The highest BCUT2D eigenvalue weighted by Crippen LogP contribution is 2.46. The number of nitrogens with zero attached hydrogens (tertiary/aromatic N) is 3. The molecule has 9 nitrogen and oxygen atoms in total. The molecule has 2 saturated carbocycles. The van der Waals surface area contributed by atoms with Crippen molar-refractivity contribution >= 4 is 28.4 Å². The van der Waals surface area contributed by atoms with Crippen LogP contribution < -0.4 is 15.8 Å². The van der Waals surface area contributed by atoms with Gasteiger partial charge in [0.25, 0.3) is 0 Å². The number of carbonyl (C=O) groups excluding carboxylic acids is 1. The lowest BCUT2D eigenvalue weighted by molar-refractivity contribution is -0.0690. The fraction of sp³-hybridized carbons (Fsp3) is 0.412. The Bertz CT molecular complexity index is 1670. The Kier molecular flexibility index (Phi) is 7.02. The molecule has 0 amide bonds. The number of rotatable bonds is 9. The number of nitrogens with two attached hydrogens (primary N) is 1. The largest absolute Gasteiger partial charge is 0.474 e. The Hall–Kier alpha value is -4.08. The Morgan fingerprint density at radius 2 is 1.79 bits per heavy atom. The number of benzene rings is 1. The second kappa shape index (κ2) is 10.9. The lowest BCUT2D eigenvalue weighted by Gasteiger charge is -2.35. The molecular weight excluding hydrogens is 542 g/mol. The third kappa shape index (κ3) is 5.43. The highest BCUT2D eigenvalue weighted by molar-refractivity contribution is 5.93. The molecule has 1 aliphatic heterocycles. The van der Waals surface area contributed by atoms with Crippen molar-refractivity contribution in [2.75, 3.05) is 5.32 Å². The van der Waals surface area contributed by atoms with Crippen LogP contribution >= 0.6 is 0 Å². The van der Waals surface area contributed by atoms with E-state index in [-0.39, 0.29) is 30.2 Å². The van der Waals surface area contributed by atoms with Gasteiger partial charge < -0.3 is 25.3 Å². The van der Waals surface area contributed by atoms with Gasteiger partial charge in [-0.25, -0.2) is 19.7 Å². The van der Waals surface area contributed by atoms with E-state index in [2.05, 4.69) is 24.4 Å². The van der Waals surface area contributed by atoms with Gasteiger partial charge >= 0.3 is 5.97 Å². The molecule has 3 aliphatic rings. The van der Waals surface area contributed by atoms with Gasteiger partial charge in [0.2, 0.25) is 5.88 Å². The maximum absolute atomic E-state index is 12.4. The summed E-state index contributed by atoms with van der Waals surface area (Å²) < 4.78 is 17.9. The third-order valence-electron chi connectivity index (χ3n) is 9.23. The van der Waals surface area contributed by atoms with Gasteiger partial charge in [-0.15, -0.1) is 0 Å². The predicted octanol–water partition coefficient (Wildman–Crippen LogP) is 6.14. The van der Waals surface area contributed by atoms with E-state index < -0.39 is 5.54 Å². The Morgan fingerprint density at radius 3 is 2.56 bits per heavy atom. The minimum absolute atomic E-state index is 0.0114. The van der Waals surface area contributed by atoms with Crippen molar-refractivity contribution < 1.29 is 19.0 Å². The van der Waals surface area contributed by atoms with Crippen LogP contribution in [0.3, 0.4) is 0 Å². The summed E-state index contributed by atoms with van der Waals surface area (Å²) in [7, 11) is 0. The van der Waals surface area contributed by atoms with E-state index in [0.717, 1.165) is 47.7 Å². The van der Waals surface area contributed by atoms with Crippen molar-refractivity contribution in [3.63, 3.8) is 0 Å². The highest BCUT2D eigenvalue weighted by Gasteiger charge is 2.41. The summed E-state index contributed by atoms with van der Waals surface area (Å²) in [5, 5.41) is 5.13. The van der Waals surface area contributed by atoms with Gasteiger partial charge in [-0.3, -0.25) is 0 Å². The fourth-order valence-electron chi connectivity index (χ4n) is 6.05. The number of carbonyl (C=O) groups is 1. The predicted molar refractivity (Wildman–Crippen MR) is 163 cm³/mol. The normalized spacial score (nSPS) is 24.4. The maximum Gasteiger partial charge on any atom is 0.340 e. The molecule has 0 saturated heterocycles. The van der Waals surface area contributed by atoms with Gasteiger partial charge in [0.05, 0.1) is 29.4 Å². The number of hydrogen-bond acceptors (Lipinski definition) is 9. The first kappa shape index (κ1) is 27.7. The molecule has 3 aromatic heterocycles. The standard InChI is InChI=1S/C34H37N5O4/c1-19-20(2)42-33(40)25-11-12-29(39-31(19)25)38-30-15-26-27(16-36-30)32(37-17-28(26)34(3,35)22-9-10-22)43-24-13-23(14-24)41-18-21-7-5-4-6-8-21/h4-8,11-12,15-17,19-20,22-24H,9-10,13-14,18,35H2,1-3H3,(H,36,38,39)/t19-,20-,23?,24?,34?/m0/s1. The molecule has 3 atom stereocenters. The zero-order valence-corrected chi connectivity index (χ0v) is 24.7. The van der Waals surface area contributed by atoms with Crippen molar-refractivity contribution in [3.8, 4) is 5.88 Å². The summed E-state index contributed by atoms with van der Waals surface area (Å²) in [5.41, 5.74) is 9.78. The van der Waals surface area contributed by atoms with Crippen molar-refractivity contribution in [1.29, 1.82) is 0 Å². The molecule has 1 aromatic carbocycles. The second-order valence-electron chi connectivity index (χ2n) is 12.4. The van der Waals surface area contributed by atoms with Gasteiger partial charge in [-0.05, 0) is 67.3 Å². The zero-order chi connectivity index (χ0) is 29.7. The van der Waals surface area contributed by atoms with Crippen LogP contribution in [0.15, 0.2) is 60.9 Å². The van der Waals surface area contributed by atoms with Crippen molar-refractivity contribution in [2.45, 2.75) is 82.8 Å². The fourth-order valence-corrected chi connectivity index (χ4v) is 6.05. The van der Waals surface area contributed by atoms with Crippen LogP contribution in [0.4, 0.5) is 11.6 Å². The molecule has 43 heavy (non-hydrogen) atoms. The molecule has 0 radical (unpaired) electrons. The second-order valence-corrected chi connectivity index (χ2v) is 12.4. The number of ether oxygens (including phenoxy) is 3. The van der Waals surface area contributed by atoms with Gasteiger partial charge in [0, 0.05) is 36.7 Å². The Balaban J connectivity index is 1.13. The smallest absolute Gasteiger partial charge is 0.340 e. The molecule has 0 spiro atoms. The topological polar surface area (TPSA) is 121 Å². The first-order valence-electron chi connectivity index (χ1n) is 15.2. The SMILES string of the molecule is C[C@@H]1OC(=O)c2ccc(Nc3cc4c(C(C)(N)C5CC5)cnc(OC5CC(OCc6ccccc6)C5)c4cn3)nc2[C@H]1C. The lowest BCUT2D eigenvalue weighted by Crippen LogP contribution is -2.39. The number of nitrogens with one attached hydrogen (secondary N) is 1. The number of fused-ring (bicyclic) bond motifs is 2. The highest BCUT2D eigenvalue weighted by atomic mass is 16.5. The van der Waals surface area contributed by atoms with E-state index >= 15 is 0 Å². The van der Waals surface area contributed by atoms with E-state index in [0.29, 0.717) is 35.6 Å². The third-order valence-corrected chi connectivity index (χ3v) is 9.23. The number of hydrogen-bond donors (Lipinski definition) is 2. The summed E-state index contributed by atoms with van der Waals surface area (Å²) in [5.74, 6) is 1.86. The van der Waals surface area contributed by atoms with E-state index in [1.807, 2.05) is 44.3 Å². The molecule has 3 N–H and O–H groups in total. The van der Waals surface area contributed by atoms with Crippen molar-refractivity contribution in [1.82, 2.24) is 15.0 Å². The van der Waals surface area contributed by atoms with Gasteiger partial charge in [-0.1, -0.05) is 37.3 Å². The molecule has 0 bridgehead atoms. The quantitative estimate of drug-likeness (QED) is 0.225. The molecule has 9 heteroatoms. The zero-order valence-electron chi connectivity index (χ0n) is 24.7. The van der Waals surface area contributed by atoms with E-state index in [1.165, 1.54) is 5.56 Å². The molecule has 2 aliphatic carbocycles. The molecule has 2 fully saturated rings. The molecule has 4 aromatic rings. The number of cyclic esters (lactones) is 1. The summed E-state index contributed by atoms with van der Waals surface area (Å²) in [6.45, 7) is 6.59. The average molecular weight is 580 g/mol. The molecular formula is C34H37N5O4. The minimum atomic E-state index is -0.523. The van der Waals surface area contributed by atoms with Crippen LogP contribution in [0.25, 0.3) is 10.8 Å². The van der Waals surface area contributed by atoms with Crippen molar-refractivity contribution in [2.24, 2.45) is 11.7 Å². The lowest BCUT2D eigenvalue weighted by atomic mass is 9.86. The van der Waals surface area contributed by atoms with Crippen LogP contribution in [-0.4, -0.2) is 39.2 Å². The maximum atomic E-state index is 12.4. The molecule has 7 rings (SSSR count). The number of esters is 1. The van der Waals surface area contributed by atoms with Crippen LogP contribution in [0.1, 0.15) is 79.6 Å². The summed E-state index contributed by atoms with van der Waals surface area (Å²) in [6, 6.07) is 15.8. The number of anilines is 2. The van der Waals surface area contributed by atoms with Crippen LogP contribution in [0, 0.1) is 5.92 Å². The monoisotopic (exact) mass is 579 g/mol. The first-order chi connectivity index (χ1) is 20.8. The Labute approximate surface area is 251 Å². The van der Waals surface area contributed by atoms with E-state index in [4.69, 9.17) is 34.9 Å². The van der Waals surface area contributed by atoms with Crippen molar-refractivity contribution in [3.05, 3.63) is 83.3 Å². The summed E-state index contributed by atoms with van der Waals surface area (Å²) in [6.07, 6.45) is 7.48. The van der Waals surface area contributed by atoms with Crippen LogP contribution in [0.5, 0.6) is 5.88 Å². The molecule has 222 valence electrons. The van der Waals surface area contributed by atoms with E-state index in [1.54, 1.807) is 18.3 Å². The summed E-state index contributed by atoms with van der Waals surface area (Å²) in [4.78, 5) is 26.6. The number of pyridine rings is 3.